The van der Waals surface area contributed by atoms with E-state index in [1.54, 1.807) is 0 Å². The van der Waals surface area contributed by atoms with Crippen LogP contribution in [0.4, 0.5) is 11.4 Å². The molecule has 0 bridgehead atoms. The third kappa shape index (κ3) is 7.60. The van der Waals surface area contributed by atoms with E-state index in [0.29, 0.717) is 0 Å². The molecule has 0 radical (unpaired) electrons. The standard InChI is InChI=1S/C42H42Cl2N4S2/c43-33-9-15-37-39(45-19-1-2-20-45)17-23-47(41(37)27-33)29-31-5-11-35(12-6-31)49-25-26-50-36-13-7-32(8-14-36)30-48-24-18-40(46-21-3-4-22-46)38-16-10-34(44)28-42(38)48/h5-18,23-24,27-28H,1-4,19-22,25-26,29-30H2/q+2. The van der Waals surface area contributed by atoms with E-state index in [2.05, 4.69) is 116 Å². The van der Waals surface area contributed by atoms with Gasteiger partial charge in [-0.3, -0.25) is 0 Å². The number of benzene rings is 4. The van der Waals surface area contributed by atoms with E-state index in [4.69, 9.17) is 23.2 Å². The van der Waals surface area contributed by atoms with E-state index in [-0.39, 0.29) is 0 Å². The zero-order valence-corrected chi connectivity index (χ0v) is 31.4. The highest BCUT2D eigenvalue weighted by molar-refractivity contribution is 8.03. The average Bonchev–Trinajstić information content (AvgIpc) is 3.88. The molecule has 6 aromatic rings. The molecular weight excluding hydrogens is 696 g/mol. The molecule has 4 nitrogen and oxygen atoms in total. The van der Waals surface area contributed by atoms with Crippen molar-refractivity contribution in [2.45, 2.75) is 48.6 Å². The molecule has 8 heteroatoms. The van der Waals surface area contributed by atoms with E-state index < -0.39 is 0 Å². The molecule has 0 aliphatic carbocycles. The van der Waals surface area contributed by atoms with Crippen LogP contribution in [-0.4, -0.2) is 37.7 Å². The second-order valence-electron chi connectivity index (χ2n) is 13.4. The molecular formula is C42H42Cl2N4S2+2. The van der Waals surface area contributed by atoms with Gasteiger partial charge in [-0.05, 0) is 74.2 Å². The Hall–Kier alpha value is -3.42. The Balaban J connectivity index is 0.853. The molecule has 2 aromatic heterocycles. The molecule has 0 atom stereocenters. The summed E-state index contributed by atoms with van der Waals surface area (Å²) in [5, 5.41) is 4.11. The lowest BCUT2D eigenvalue weighted by Gasteiger charge is -2.19. The Labute approximate surface area is 314 Å². The van der Waals surface area contributed by atoms with Crippen LogP contribution in [0.1, 0.15) is 36.8 Å². The van der Waals surface area contributed by atoms with Crippen molar-refractivity contribution in [2.75, 3.05) is 47.5 Å². The number of thioether (sulfide) groups is 2. The Morgan fingerprint density at radius 2 is 0.900 bits per heavy atom. The van der Waals surface area contributed by atoms with Crippen LogP contribution < -0.4 is 18.9 Å². The van der Waals surface area contributed by atoms with E-state index in [9.17, 15) is 0 Å². The zero-order chi connectivity index (χ0) is 33.9. The summed E-state index contributed by atoms with van der Waals surface area (Å²) >= 11 is 16.8. The Morgan fingerprint density at radius 3 is 1.30 bits per heavy atom. The summed E-state index contributed by atoms with van der Waals surface area (Å²) in [6.07, 6.45) is 9.52. The lowest BCUT2D eigenvalue weighted by molar-refractivity contribution is -0.662. The number of hydrogen-bond acceptors (Lipinski definition) is 4. The van der Waals surface area contributed by atoms with Gasteiger partial charge in [0.05, 0.1) is 22.1 Å². The first kappa shape index (κ1) is 33.7. The van der Waals surface area contributed by atoms with Crippen molar-refractivity contribution in [1.82, 2.24) is 0 Å². The molecule has 2 aliphatic rings. The predicted molar refractivity (Wildman–Crippen MR) is 214 cm³/mol. The van der Waals surface area contributed by atoms with Crippen LogP contribution >= 0.6 is 46.7 Å². The molecule has 50 heavy (non-hydrogen) atoms. The fraction of sp³-hybridized carbons (Fsp3) is 0.286. The molecule has 4 aromatic carbocycles. The Bertz CT molecular complexity index is 1960. The SMILES string of the molecule is Clc1ccc2c(N3CCCC3)cc[n+](Cc3ccc(SCCSc4ccc(C[n+]5ccc(N6CCCC6)c6ccc(Cl)cc65)cc4)cc3)c2c1. The summed E-state index contributed by atoms with van der Waals surface area (Å²) in [4.78, 5) is 7.64. The second-order valence-corrected chi connectivity index (χ2v) is 16.6. The van der Waals surface area contributed by atoms with Crippen LogP contribution in [0, 0.1) is 0 Å². The minimum Gasteiger partial charge on any atom is -0.371 e. The number of hydrogen-bond donors (Lipinski definition) is 0. The summed E-state index contributed by atoms with van der Waals surface area (Å²) in [5.41, 5.74) is 7.61. The van der Waals surface area contributed by atoms with Gasteiger partial charge in [-0.15, -0.1) is 23.5 Å². The quantitative estimate of drug-likeness (QED) is 0.0747. The van der Waals surface area contributed by atoms with E-state index >= 15 is 0 Å². The third-order valence-corrected chi connectivity index (χ3v) is 12.7. The normalized spacial score (nSPS) is 14.8. The first-order valence-corrected chi connectivity index (χ1v) is 20.5. The van der Waals surface area contributed by atoms with Crippen molar-refractivity contribution in [1.29, 1.82) is 0 Å². The van der Waals surface area contributed by atoms with Crippen molar-refractivity contribution in [2.24, 2.45) is 0 Å². The lowest BCUT2D eigenvalue weighted by Crippen LogP contribution is -2.35. The Kier molecular flexibility index (Phi) is 10.4. The maximum Gasteiger partial charge on any atom is 0.216 e. The summed E-state index contributed by atoms with van der Waals surface area (Å²) in [7, 11) is 0. The van der Waals surface area contributed by atoms with Crippen molar-refractivity contribution in [3.05, 3.63) is 131 Å². The Morgan fingerprint density at radius 1 is 0.500 bits per heavy atom. The number of halogens is 2. The molecule has 2 aliphatic heterocycles. The molecule has 254 valence electrons. The summed E-state index contributed by atoms with van der Waals surface area (Å²) in [6.45, 7) is 6.17. The van der Waals surface area contributed by atoms with Gasteiger partial charge in [0.15, 0.2) is 25.5 Å². The van der Waals surface area contributed by atoms with Gasteiger partial charge < -0.3 is 9.80 Å². The number of anilines is 2. The van der Waals surface area contributed by atoms with Gasteiger partial charge >= 0.3 is 0 Å². The third-order valence-electron chi connectivity index (χ3n) is 9.98. The number of pyridine rings is 2. The molecule has 0 amide bonds. The van der Waals surface area contributed by atoms with E-state index in [1.807, 2.05) is 35.7 Å². The minimum atomic E-state index is 0.780. The number of rotatable bonds is 11. The number of fused-ring (bicyclic) bond motifs is 2. The maximum absolute atomic E-state index is 6.47. The van der Waals surface area contributed by atoms with Crippen LogP contribution in [-0.2, 0) is 13.1 Å². The van der Waals surface area contributed by atoms with Crippen LogP contribution in [0.2, 0.25) is 10.0 Å². The van der Waals surface area contributed by atoms with Crippen molar-refractivity contribution < 1.29 is 9.13 Å². The van der Waals surface area contributed by atoms with Gasteiger partial charge in [0.2, 0.25) is 11.0 Å². The van der Waals surface area contributed by atoms with Gasteiger partial charge in [-0.25, -0.2) is 0 Å². The van der Waals surface area contributed by atoms with E-state index in [1.165, 1.54) is 79.8 Å². The molecule has 4 heterocycles. The summed E-state index contributed by atoms with van der Waals surface area (Å²) < 4.78 is 4.65. The average molecular weight is 738 g/mol. The first-order chi connectivity index (χ1) is 24.6. The fourth-order valence-electron chi connectivity index (χ4n) is 7.42. The van der Waals surface area contributed by atoms with E-state index in [0.717, 1.165) is 60.8 Å². The molecule has 0 N–H and O–H groups in total. The molecule has 8 rings (SSSR count). The first-order valence-electron chi connectivity index (χ1n) is 17.7. The molecule has 0 saturated carbocycles. The molecule has 2 fully saturated rings. The van der Waals surface area contributed by atoms with Gasteiger partial charge in [-0.2, -0.15) is 9.13 Å². The van der Waals surface area contributed by atoms with Crippen molar-refractivity contribution in [3.8, 4) is 0 Å². The highest BCUT2D eigenvalue weighted by atomic mass is 35.5. The minimum absolute atomic E-state index is 0.780. The zero-order valence-electron chi connectivity index (χ0n) is 28.2. The summed E-state index contributed by atoms with van der Waals surface area (Å²) in [5.74, 6) is 2.13. The number of nitrogens with zero attached hydrogens (tertiary/aromatic N) is 4. The van der Waals surface area contributed by atoms with Gasteiger partial charge in [0.25, 0.3) is 0 Å². The van der Waals surface area contributed by atoms with Gasteiger partial charge in [-0.1, -0.05) is 47.5 Å². The number of aromatic nitrogens is 2. The summed E-state index contributed by atoms with van der Waals surface area (Å²) in [6, 6.07) is 35.3. The largest absolute Gasteiger partial charge is 0.371 e. The van der Waals surface area contributed by atoms with Crippen LogP contribution in [0.3, 0.4) is 0 Å². The molecule has 2 saturated heterocycles. The van der Waals surface area contributed by atoms with Crippen molar-refractivity contribution in [3.63, 3.8) is 0 Å². The van der Waals surface area contributed by atoms with Gasteiger partial charge in [0.1, 0.15) is 0 Å². The fourth-order valence-corrected chi connectivity index (χ4v) is 9.55. The lowest BCUT2D eigenvalue weighted by atomic mass is 10.1. The highest BCUT2D eigenvalue weighted by Crippen LogP contribution is 2.31. The topological polar surface area (TPSA) is 14.2 Å². The highest BCUT2D eigenvalue weighted by Gasteiger charge is 2.22. The van der Waals surface area contributed by atoms with Crippen LogP contribution in [0.15, 0.2) is 119 Å². The monoisotopic (exact) mass is 736 g/mol. The van der Waals surface area contributed by atoms with Crippen molar-refractivity contribution >= 4 is 79.9 Å². The van der Waals surface area contributed by atoms with Crippen LogP contribution in [0.25, 0.3) is 21.8 Å². The van der Waals surface area contributed by atoms with Gasteiger partial charge in [0, 0.05) is 92.9 Å². The predicted octanol–water partition coefficient (Wildman–Crippen LogP) is 10.1. The van der Waals surface area contributed by atoms with Crippen LogP contribution in [0.5, 0.6) is 0 Å². The molecule has 0 unspecified atom stereocenters. The maximum atomic E-state index is 6.47. The molecule has 0 spiro atoms. The second kappa shape index (κ2) is 15.4. The smallest absolute Gasteiger partial charge is 0.216 e.